The van der Waals surface area contributed by atoms with Crippen LogP contribution in [0, 0.1) is 11.8 Å². The van der Waals surface area contributed by atoms with Crippen LogP contribution in [0.4, 0.5) is 0 Å². The van der Waals surface area contributed by atoms with E-state index in [1.807, 2.05) is 78.6 Å². The van der Waals surface area contributed by atoms with E-state index in [1.54, 1.807) is 0 Å². The molecule has 34 heavy (non-hydrogen) atoms. The lowest BCUT2D eigenvalue weighted by molar-refractivity contribution is -0.119. The van der Waals surface area contributed by atoms with E-state index in [1.165, 1.54) is 6.92 Å². The zero-order valence-corrected chi connectivity index (χ0v) is 20.0. The molecule has 3 rings (SSSR count). The average molecular weight is 453 g/mol. The summed E-state index contributed by atoms with van der Waals surface area (Å²) in [6.07, 6.45) is 10.4. The van der Waals surface area contributed by atoms with Crippen molar-refractivity contribution >= 4 is 11.8 Å². The van der Waals surface area contributed by atoms with Gasteiger partial charge in [0, 0.05) is 42.7 Å². The first-order chi connectivity index (χ1) is 16.4. The van der Waals surface area contributed by atoms with Crippen LogP contribution in [0.5, 0.6) is 0 Å². The van der Waals surface area contributed by atoms with Gasteiger partial charge in [-0.05, 0) is 62.1 Å². The minimum absolute atomic E-state index is 0.0204. The van der Waals surface area contributed by atoms with Crippen molar-refractivity contribution in [2.75, 3.05) is 13.1 Å². The fraction of sp³-hybridized carbons (Fsp3) is 0.267. The van der Waals surface area contributed by atoms with E-state index in [0.717, 1.165) is 41.5 Å². The Hall–Kier alpha value is -3.84. The van der Waals surface area contributed by atoms with Crippen LogP contribution in [0.1, 0.15) is 53.7 Å². The third-order valence-electron chi connectivity index (χ3n) is 5.54. The molecule has 1 atom stereocenters. The first kappa shape index (κ1) is 24.8. The van der Waals surface area contributed by atoms with E-state index < -0.39 is 0 Å². The average Bonchev–Trinajstić information content (AvgIpc) is 2.82. The van der Waals surface area contributed by atoms with Crippen LogP contribution in [0.25, 0.3) is 0 Å². The Morgan fingerprint density at radius 2 is 1.82 bits per heavy atom. The minimum atomic E-state index is -0.0209. The van der Waals surface area contributed by atoms with E-state index in [-0.39, 0.29) is 17.9 Å². The Balaban J connectivity index is 1.67. The lowest BCUT2D eigenvalue weighted by Gasteiger charge is -2.23. The van der Waals surface area contributed by atoms with Crippen LogP contribution in [0.15, 0.2) is 85.0 Å². The predicted octanol–water partition coefficient (Wildman–Crippen LogP) is 5.06. The molecule has 1 aliphatic rings. The SMILES string of the molecule is C=C1/C=C\C=C/CCN(C(=O)c2cccc(C#Cc3ccc(CC(C)NC(C)=O)cc3)c2)CC1. The topological polar surface area (TPSA) is 49.4 Å². The molecule has 2 aromatic rings. The van der Waals surface area contributed by atoms with E-state index in [2.05, 4.69) is 29.8 Å². The summed E-state index contributed by atoms with van der Waals surface area (Å²) in [6.45, 7) is 8.91. The number of carbonyl (C=O) groups excluding carboxylic acids is 2. The van der Waals surface area contributed by atoms with E-state index in [4.69, 9.17) is 0 Å². The summed E-state index contributed by atoms with van der Waals surface area (Å²) in [4.78, 5) is 26.2. The molecule has 0 saturated heterocycles. The van der Waals surface area contributed by atoms with Crippen molar-refractivity contribution in [3.05, 3.63) is 107 Å². The third kappa shape index (κ3) is 7.94. The number of hydrogen-bond acceptors (Lipinski definition) is 2. The molecule has 0 saturated carbocycles. The van der Waals surface area contributed by atoms with E-state index in [9.17, 15) is 9.59 Å². The number of amides is 2. The van der Waals surface area contributed by atoms with Crippen molar-refractivity contribution in [1.82, 2.24) is 10.2 Å². The highest BCUT2D eigenvalue weighted by molar-refractivity contribution is 5.94. The Morgan fingerprint density at radius 1 is 1.06 bits per heavy atom. The van der Waals surface area contributed by atoms with Gasteiger partial charge < -0.3 is 10.2 Å². The normalized spacial score (nSPS) is 16.5. The lowest BCUT2D eigenvalue weighted by Crippen LogP contribution is -2.33. The minimum Gasteiger partial charge on any atom is -0.354 e. The van der Waals surface area contributed by atoms with Crippen LogP contribution in [0.3, 0.4) is 0 Å². The molecule has 1 aliphatic heterocycles. The number of hydrogen-bond donors (Lipinski definition) is 1. The monoisotopic (exact) mass is 452 g/mol. The molecule has 1 N–H and O–H groups in total. The molecular formula is C30H32N2O2. The molecule has 0 bridgehead atoms. The zero-order chi connectivity index (χ0) is 24.3. The predicted molar refractivity (Wildman–Crippen MR) is 138 cm³/mol. The Morgan fingerprint density at radius 3 is 2.59 bits per heavy atom. The standard InChI is InChI=1S/C30H32N2O2/c1-23-9-6-4-5-7-19-32(20-18-23)30(34)29-11-8-10-27(22-29)15-12-26-13-16-28(17-14-26)21-24(2)31-25(3)33/h4-6,8-11,13-14,16-17,22,24H,1,7,18-21H2,2-3H3,(H,31,33)/b5-4-,9-6-. The van der Waals surface area contributed by atoms with E-state index >= 15 is 0 Å². The van der Waals surface area contributed by atoms with E-state index in [0.29, 0.717) is 18.7 Å². The second-order valence-corrected chi connectivity index (χ2v) is 8.61. The number of allylic oxidation sites excluding steroid dienone is 3. The fourth-order valence-corrected chi connectivity index (χ4v) is 3.81. The van der Waals surface area contributed by atoms with Crippen LogP contribution >= 0.6 is 0 Å². The molecule has 1 unspecified atom stereocenters. The Bertz CT molecular complexity index is 1150. The summed E-state index contributed by atoms with van der Waals surface area (Å²) >= 11 is 0. The first-order valence-electron chi connectivity index (χ1n) is 11.7. The molecule has 2 amide bonds. The maximum atomic E-state index is 13.2. The number of nitrogens with one attached hydrogen (secondary N) is 1. The quantitative estimate of drug-likeness (QED) is 0.660. The molecule has 0 spiro atoms. The Labute approximate surface area is 203 Å². The van der Waals surface area contributed by atoms with Gasteiger partial charge in [-0.1, -0.05) is 66.5 Å². The van der Waals surface area contributed by atoms with Gasteiger partial charge in [0.05, 0.1) is 0 Å². The number of rotatable bonds is 4. The summed E-state index contributed by atoms with van der Waals surface area (Å²) in [5.74, 6) is 6.37. The summed E-state index contributed by atoms with van der Waals surface area (Å²) in [6, 6.07) is 15.6. The highest BCUT2D eigenvalue weighted by Gasteiger charge is 2.15. The zero-order valence-electron chi connectivity index (χ0n) is 20.0. The van der Waals surface area contributed by atoms with Crippen molar-refractivity contribution in [2.24, 2.45) is 0 Å². The smallest absolute Gasteiger partial charge is 0.253 e. The Kier molecular flexibility index (Phi) is 9.05. The van der Waals surface area contributed by atoms with Crippen LogP contribution in [-0.4, -0.2) is 35.8 Å². The molecule has 2 aromatic carbocycles. The second kappa shape index (κ2) is 12.4. The summed E-state index contributed by atoms with van der Waals surface area (Å²) in [5.41, 5.74) is 4.52. The maximum Gasteiger partial charge on any atom is 0.253 e. The molecule has 0 fully saturated rings. The summed E-state index contributed by atoms with van der Waals surface area (Å²) in [5, 5.41) is 2.90. The van der Waals surface area contributed by atoms with Gasteiger partial charge in [0.15, 0.2) is 0 Å². The molecule has 0 aromatic heterocycles. The highest BCUT2D eigenvalue weighted by atomic mass is 16.2. The molecule has 0 aliphatic carbocycles. The first-order valence-corrected chi connectivity index (χ1v) is 11.7. The summed E-state index contributed by atoms with van der Waals surface area (Å²) in [7, 11) is 0. The molecular weight excluding hydrogens is 420 g/mol. The number of benzene rings is 2. The van der Waals surface area contributed by atoms with Gasteiger partial charge in [-0.15, -0.1) is 0 Å². The van der Waals surface area contributed by atoms with Crippen molar-refractivity contribution in [1.29, 1.82) is 0 Å². The van der Waals surface area contributed by atoms with Gasteiger partial charge in [-0.25, -0.2) is 0 Å². The maximum absolute atomic E-state index is 13.2. The van der Waals surface area contributed by atoms with Crippen LogP contribution in [-0.2, 0) is 11.2 Å². The second-order valence-electron chi connectivity index (χ2n) is 8.61. The van der Waals surface area contributed by atoms with Gasteiger partial charge in [-0.2, -0.15) is 0 Å². The highest BCUT2D eigenvalue weighted by Crippen LogP contribution is 2.13. The van der Waals surface area contributed by atoms with Crippen molar-refractivity contribution in [3.8, 4) is 11.8 Å². The van der Waals surface area contributed by atoms with Gasteiger partial charge >= 0.3 is 0 Å². The number of nitrogens with zero attached hydrogens (tertiary/aromatic N) is 1. The molecule has 0 radical (unpaired) electrons. The van der Waals surface area contributed by atoms with Gasteiger partial charge in [0.2, 0.25) is 5.91 Å². The third-order valence-corrected chi connectivity index (χ3v) is 5.54. The van der Waals surface area contributed by atoms with Crippen molar-refractivity contribution < 1.29 is 9.59 Å². The largest absolute Gasteiger partial charge is 0.354 e. The van der Waals surface area contributed by atoms with Gasteiger partial charge in [-0.3, -0.25) is 9.59 Å². The molecule has 4 heteroatoms. The van der Waals surface area contributed by atoms with Crippen molar-refractivity contribution in [2.45, 2.75) is 39.2 Å². The molecule has 4 nitrogen and oxygen atoms in total. The van der Waals surface area contributed by atoms with Gasteiger partial charge in [0.1, 0.15) is 0 Å². The molecule has 1 heterocycles. The van der Waals surface area contributed by atoms with Crippen LogP contribution < -0.4 is 5.32 Å². The number of carbonyl (C=O) groups is 2. The van der Waals surface area contributed by atoms with Crippen LogP contribution in [0.2, 0.25) is 0 Å². The fourth-order valence-electron chi connectivity index (χ4n) is 3.81. The lowest BCUT2D eigenvalue weighted by atomic mass is 10.0. The van der Waals surface area contributed by atoms with Crippen molar-refractivity contribution in [3.63, 3.8) is 0 Å². The van der Waals surface area contributed by atoms with Gasteiger partial charge in [0.25, 0.3) is 5.91 Å². The molecule has 174 valence electrons. The summed E-state index contributed by atoms with van der Waals surface area (Å²) < 4.78 is 0.